The highest BCUT2D eigenvalue weighted by Crippen LogP contribution is 2.17. The summed E-state index contributed by atoms with van der Waals surface area (Å²) in [7, 11) is 1.47. The zero-order valence-corrected chi connectivity index (χ0v) is 12.9. The minimum Gasteiger partial charge on any atom is -0.329 e. The van der Waals surface area contributed by atoms with Gasteiger partial charge in [-0.1, -0.05) is 13.0 Å². The predicted molar refractivity (Wildman–Crippen MR) is 77.3 cm³/mol. The summed E-state index contributed by atoms with van der Waals surface area (Å²) in [5, 5.41) is 8.88. The average molecular weight is 325 g/mol. The Hall–Kier alpha value is -1.91. The van der Waals surface area contributed by atoms with Crippen molar-refractivity contribution < 1.29 is 8.42 Å². The Balaban J connectivity index is 2.44. The molecular formula is C13H13ClN4O2S. The summed E-state index contributed by atoms with van der Waals surface area (Å²) in [6, 6.07) is 5.52. The van der Waals surface area contributed by atoms with E-state index in [2.05, 4.69) is 9.97 Å². The first kappa shape index (κ1) is 15.5. The summed E-state index contributed by atoms with van der Waals surface area (Å²) >= 11 is 0. The molecule has 0 spiro atoms. The van der Waals surface area contributed by atoms with Crippen molar-refractivity contribution in [3.63, 3.8) is 0 Å². The third-order valence-corrected chi connectivity index (χ3v) is 4.07. The molecule has 0 unspecified atom stereocenters. The minimum absolute atomic E-state index is 0.171. The molecule has 0 saturated carbocycles. The van der Waals surface area contributed by atoms with Crippen LogP contribution in [-0.4, -0.2) is 23.0 Å². The van der Waals surface area contributed by atoms with Gasteiger partial charge in [0.15, 0.2) is 5.03 Å². The van der Waals surface area contributed by atoms with E-state index in [1.807, 2.05) is 13.0 Å². The van der Waals surface area contributed by atoms with E-state index in [1.165, 1.54) is 12.4 Å². The van der Waals surface area contributed by atoms with E-state index in [1.54, 1.807) is 16.7 Å². The first-order chi connectivity index (χ1) is 9.95. The summed E-state index contributed by atoms with van der Waals surface area (Å²) in [5.74, 6) is 0.615. The number of halogens is 1. The highest BCUT2D eigenvalue weighted by Gasteiger charge is 2.18. The van der Waals surface area contributed by atoms with Crippen LogP contribution in [0.3, 0.4) is 0 Å². The van der Waals surface area contributed by atoms with Crippen molar-refractivity contribution >= 4 is 19.7 Å². The number of aryl methyl sites for hydroxylation is 1. The molecule has 0 bridgehead atoms. The summed E-state index contributed by atoms with van der Waals surface area (Å²) in [5.41, 5.74) is 1.01. The quantitative estimate of drug-likeness (QED) is 0.785. The van der Waals surface area contributed by atoms with Crippen LogP contribution in [0.4, 0.5) is 0 Å². The lowest BCUT2D eigenvalue weighted by atomic mass is 10.2. The maximum Gasteiger partial charge on any atom is 0.280 e. The predicted octanol–water partition coefficient (Wildman–Crippen LogP) is 2.08. The van der Waals surface area contributed by atoms with E-state index in [4.69, 9.17) is 15.9 Å². The molecule has 2 rings (SSSR count). The molecule has 0 fully saturated rings. The number of nitriles is 1. The number of nitrogens with zero attached hydrogens (tertiary/aromatic N) is 4. The second kappa shape index (κ2) is 6.24. The fourth-order valence-corrected chi connectivity index (χ4v) is 2.65. The van der Waals surface area contributed by atoms with E-state index < -0.39 is 9.05 Å². The number of imidazole rings is 1. The monoisotopic (exact) mass is 324 g/mol. The molecule has 21 heavy (non-hydrogen) atoms. The lowest BCUT2D eigenvalue weighted by molar-refractivity contribution is 0.606. The Morgan fingerprint density at radius 3 is 2.86 bits per heavy atom. The molecule has 0 aromatic carbocycles. The highest BCUT2D eigenvalue weighted by molar-refractivity contribution is 8.13. The molecule has 0 atom stereocenters. The molecule has 0 aliphatic rings. The van der Waals surface area contributed by atoms with Gasteiger partial charge in [-0.25, -0.2) is 18.4 Å². The van der Waals surface area contributed by atoms with Crippen LogP contribution in [0, 0.1) is 11.3 Å². The van der Waals surface area contributed by atoms with E-state index in [9.17, 15) is 8.42 Å². The van der Waals surface area contributed by atoms with Gasteiger partial charge in [0.05, 0.1) is 6.54 Å². The summed E-state index contributed by atoms with van der Waals surface area (Å²) in [6.45, 7) is 2.30. The van der Waals surface area contributed by atoms with Crippen LogP contribution in [0.25, 0.3) is 0 Å². The molecule has 6 nitrogen and oxygen atoms in total. The highest BCUT2D eigenvalue weighted by atomic mass is 35.7. The van der Waals surface area contributed by atoms with Gasteiger partial charge in [0.25, 0.3) is 9.05 Å². The molecular weight excluding hydrogens is 312 g/mol. The Labute approximate surface area is 127 Å². The molecule has 2 aromatic heterocycles. The van der Waals surface area contributed by atoms with Crippen molar-refractivity contribution in [3.8, 4) is 6.07 Å². The minimum atomic E-state index is -3.87. The lowest BCUT2D eigenvalue weighted by Crippen LogP contribution is -2.06. The standard InChI is InChI=1S/C13H13ClN4O2S/c1-2-4-12-17-13(21(14,19)20)9-18(12)8-10-5-3-6-16-11(10)7-15/h3,5-6,9H,2,4,8H2,1H3. The zero-order valence-electron chi connectivity index (χ0n) is 11.3. The normalized spacial score (nSPS) is 11.3. The number of hydrogen-bond acceptors (Lipinski definition) is 5. The Morgan fingerprint density at radius 1 is 1.48 bits per heavy atom. The Kier molecular flexibility index (Phi) is 4.60. The number of aromatic nitrogens is 3. The maximum absolute atomic E-state index is 11.4. The van der Waals surface area contributed by atoms with Gasteiger partial charge in [-0.05, 0) is 12.5 Å². The van der Waals surface area contributed by atoms with Gasteiger partial charge in [0.2, 0.25) is 0 Å². The third-order valence-electron chi connectivity index (χ3n) is 2.90. The molecule has 8 heteroatoms. The molecule has 0 saturated heterocycles. The Morgan fingerprint density at radius 2 is 2.24 bits per heavy atom. The number of hydrogen-bond donors (Lipinski definition) is 0. The van der Waals surface area contributed by atoms with Gasteiger partial charge in [0, 0.05) is 35.1 Å². The lowest BCUT2D eigenvalue weighted by Gasteiger charge is -2.07. The third kappa shape index (κ3) is 3.60. The molecule has 0 amide bonds. The van der Waals surface area contributed by atoms with Crippen LogP contribution in [0.1, 0.15) is 30.4 Å². The van der Waals surface area contributed by atoms with Crippen molar-refractivity contribution in [2.75, 3.05) is 0 Å². The summed E-state index contributed by atoms with van der Waals surface area (Å²) < 4.78 is 24.5. The SMILES string of the molecule is CCCc1nc(S(=O)(=O)Cl)cn1Cc1cccnc1C#N. The fourth-order valence-electron chi connectivity index (χ4n) is 1.96. The van der Waals surface area contributed by atoms with Crippen molar-refractivity contribution in [3.05, 3.63) is 41.6 Å². The van der Waals surface area contributed by atoms with Crippen LogP contribution in [0.15, 0.2) is 29.6 Å². The van der Waals surface area contributed by atoms with E-state index >= 15 is 0 Å². The second-order valence-electron chi connectivity index (χ2n) is 4.43. The molecule has 0 aliphatic carbocycles. The molecule has 0 N–H and O–H groups in total. The van der Waals surface area contributed by atoms with Gasteiger partial charge in [-0.3, -0.25) is 0 Å². The topological polar surface area (TPSA) is 88.6 Å². The van der Waals surface area contributed by atoms with E-state index in [-0.39, 0.29) is 5.03 Å². The average Bonchev–Trinajstić information content (AvgIpc) is 2.83. The molecule has 110 valence electrons. The van der Waals surface area contributed by atoms with E-state index in [0.717, 1.165) is 6.42 Å². The number of pyridine rings is 1. The van der Waals surface area contributed by atoms with Crippen LogP contribution in [0.2, 0.25) is 0 Å². The van der Waals surface area contributed by atoms with Gasteiger partial charge in [-0.15, -0.1) is 0 Å². The van der Waals surface area contributed by atoms with Crippen LogP contribution >= 0.6 is 10.7 Å². The molecule has 0 radical (unpaired) electrons. The van der Waals surface area contributed by atoms with Crippen LogP contribution in [0.5, 0.6) is 0 Å². The van der Waals surface area contributed by atoms with Gasteiger partial charge in [0.1, 0.15) is 17.6 Å². The van der Waals surface area contributed by atoms with Crippen LogP contribution < -0.4 is 0 Å². The van der Waals surface area contributed by atoms with Crippen LogP contribution in [-0.2, 0) is 22.0 Å². The van der Waals surface area contributed by atoms with Crippen molar-refractivity contribution in [2.24, 2.45) is 0 Å². The van der Waals surface area contributed by atoms with E-state index in [0.29, 0.717) is 30.0 Å². The summed E-state index contributed by atoms with van der Waals surface area (Å²) in [6.07, 6.45) is 4.37. The van der Waals surface area contributed by atoms with Crippen molar-refractivity contribution in [2.45, 2.75) is 31.3 Å². The largest absolute Gasteiger partial charge is 0.329 e. The fraction of sp³-hybridized carbons (Fsp3) is 0.308. The summed E-state index contributed by atoms with van der Waals surface area (Å²) in [4.78, 5) is 8.05. The Bertz CT molecular complexity index is 793. The zero-order chi connectivity index (χ0) is 15.5. The van der Waals surface area contributed by atoms with Gasteiger partial charge in [-0.2, -0.15) is 5.26 Å². The van der Waals surface area contributed by atoms with Gasteiger partial charge < -0.3 is 4.57 Å². The van der Waals surface area contributed by atoms with Crippen molar-refractivity contribution in [1.29, 1.82) is 5.26 Å². The number of rotatable bonds is 5. The second-order valence-corrected chi connectivity index (χ2v) is 6.95. The molecule has 2 aromatic rings. The maximum atomic E-state index is 11.4. The first-order valence-electron chi connectivity index (χ1n) is 6.30. The smallest absolute Gasteiger partial charge is 0.280 e. The first-order valence-corrected chi connectivity index (χ1v) is 8.61. The van der Waals surface area contributed by atoms with Crippen molar-refractivity contribution in [1.82, 2.24) is 14.5 Å². The molecule has 0 aliphatic heterocycles. The molecule has 2 heterocycles. The van der Waals surface area contributed by atoms with Gasteiger partial charge >= 0.3 is 0 Å².